The Morgan fingerprint density at radius 3 is 2.90 bits per heavy atom. The van der Waals surface area contributed by atoms with E-state index < -0.39 is 9.84 Å². The van der Waals surface area contributed by atoms with E-state index in [-0.39, 0.29) is 17.5 Å². The molecule has 1 heterocycles. The van der Waals surface area contributed by atoms with E-state index in [0.717, 1.165) is 10.0 Å². The molecule has 1 aromatic rings. The van der Waals surface area contributed by atoms with Crippen molar-refractivity contribution in [3.8, 4) is 0 Å². The van der Waals surface area contributed by atoms with E-state index in [0.29, 0.717) is 18.9 Å². The third kappa shape index (κ3) is 4.49. The molecular formula is C13H18BrN3O2S. The molecule has 0 spiro atoms. The summed E-state index contributed by atoms with van der Waals surface area (Å²) in [6, 6.07) is 7.94. The summed E-state index contributed by atoms with van der Waals surface area (Å²) in [4.78, 5) is 4.12. The molecule has 1 aromatic carbocycles. The van der Waals surface area contributed by atoms with Gasteiger partial charge in [-0.25, -0.2) is 8.42 Å². The van der Waals surface area contributed by atoms with Crippen molar-refractivity contribution in [3.63, 3.8) is 0 Å². The van der Waals surface area contributed by atoms with Crippen LogP contribution in [-0.4, -0.2) is 39.0 Å². The lowest BCUT2D eigenvalue weighted by Gasteiger charge is -2.16. The number of aliphatic imine (C=N–C) groups is 1. The van der Waals surface area contributed by atoms with Gasteiger partial charge in [0.2, 0.25) is 0 Å². The Labute approximate surface area is 127 Å². The second-order valence-corrected chi connectivity index (χ2v) is 7.94. The molecular weight excluding hydrogens is 342 g/mol. The van der Waals surface area contributed by atoms with Crippen LogP contribution in [0.2, 0.25) is 0 Å². The van der Waals surface area contributed by atoms with Crippen molar-refractivity contribution in [2.45, 2.75) is 19.0 Å². The summed E-state index contributed by atoms with van der Waals surface area (Å²) in [6.45, 7) is 0.637. The maximum Gasteiger partial charge on any atom is 0.191 e. The third-order valence-electron chi connectivity index (χ3n) is 3.15. The Morgan fingerprint density at radius 1 is 1.50 bits per heavy atom. The Bertz CT molecular complexity index is 601. The third-order valence-corrected chi connectivity index (χ3v) is 5.41. The van der Waals surface area contributed by atoms with Gasteiger partial charge in [-0.05, 0) is 24.1 Å². The highest BCUT2D eigenvalue weighted by molar-refractivity contribution is 9.10. The number of rotatable bonds is 3. The molecule has 1 atom stereocenters. The van der Waals surface area contributed by atoms with Gasteiger partial charge in [-0.2, -0.15) is 0 Å². The fourth-order valence-corrected chi connectivity index (χ4v) is 4.25. The minimum atomic E-state index is -2.87. The predicted octanol–water partition coefficient (Wildman–Crippen LogP) is 1.30. The number of halogens is 1. The van der Waals surface area contributed by atoms with E-state index in [2.05, 4.69) is 31.6 Å². The summed E-state index contributed by atoms with van der Waals surface area (Å²) in [5.41, 5.74) is 1.13. The molecule has 0 saturated carbocycles. The number of hydrogen-bond acceptors (Lipinski definition) is 3. The van der Waals surface area contributed by atoms with Crippen LogP contribution in [0.4, 0.5) is 0 Å². The largest absolute Gasteiger partial charge is 0.353 e. The molecule has 0 aliphatic carbocycles. The second-order valence-electron chi connectivity index (χ2n) is 4.80. The molecule has 2 N–H and O–H groups in total. The van der Waals surface area contributed by atoms with Crippen molar-refractivity contribution in [2.24, 2.45) is 4.99 Å². The van der Waals surface area contributed by atoms with Crippen LogP contribution < -0.4 is 10.6 Å². The first-order valence-electron chi connectivity index (χ1n) is 6.40. The van der Waals surface area contributed by atoms with Gasteiger partial charge in [0.25, 0.3) is 0 Å². The lowest BCUT2D eigenvalue weighted by molar-refractivity contribution is 0.599. The van der Waals surface area contributed by atoms with Gasteiger partial charge in [-0.15, -0.1) is 0 Å². The van der Waals surface area contributed by atoms with E-state index >= 15 is 0 Å². The molecule has 1 aliphatic rings. The highest BCUT2D eigenvalue weighted by Gasteiger charge is 2.28. The van der Waals surface area contributed by atoms with Gasteiger partial charge in [-0.1, -0.05) is 28.1 Å². The fourth-order valence-electron chi connectivity index (χ4n) is 2.13. The molecule has 0 aromatic heterocycles. The Balaban J connectivity index is 1.87. The van der Waals surface area contributed by atoms with Crippen molar-refractivity contribution in [1.29, 1.82) is 0 Å². The van der Waals surface area contributed by atoms with Gasteiger partial charge in [0, 0.05) is 24.1 Å². The van der Waals surface area contributed by atoms with Crippen LogP contribution in [-0.2, 0) is 16.4 Å². The number of sulfone groups is 1. The monoisotopic (exact) mass is 359 g/mol. The van der Waals surface area contributed by atoms with E-state index in [4.69, 9.17) is 0 Å². The van der Waals surface area contributed by atoms with E-state index in [1.807, 2.05) is 24.3 Å². The number of guanidine groups is 1. The maximum atomic E-state index is 11.4. The first-order chi connectivity index (χ1) is 9.48. The van der Waals surface area contributed by atoms with Crippen LogP contribution in [0.1, 0.15) is 12.0 Å². The zero-order chi connectivity index (χ0) is 14.6. The molecule has 0 bridgehead atoms. The number of nitrogens with one attached hydrogen (secondary N) is 2. The molecule has 0 radical (unpaired) electrons. The fraction of sp³-hybridized carbons (Fsp3) is 0.462. The topological polar surface area (TPSA) is 70.6 Å². The van der Waals surface area contributed by atoms with Gasteiger partial charge < -0.3 is 10.6 Å². The molecule has 20 heavy (non-hydrogen) atoms. The van der Waals surface area contributed by atoms with Gasteiger partial charge in [0.1, 0.15) is 0 Å². The van der Waals surface area contributed by atoms with Crippen LogP contribution in [0.15, 0.2) is 33.7 Å². The van der Waals surface area contributed by atoms with Crippen molar-refractivity contribution in [2.75, 3.05) is 18.6 Å². The molecule has 2 rings (SSSR count). The maximum absolute atomic E-state index is 11.4. The van der Waals surface area contributed by atoms with Crippen molar-refractivity contribution in [3.05, 3.63) is 34.3 Å². The molecule has 1 saturated heterocycles. The highest BCUT2D eigenvalue weighted by atomic mass is 79.9. The molecule has 1 aliphatic heterocycles. The van der Waals surface area contributed by atoms with E-state index in [1.54, 1.807) is 7.05 Å². The number of hydrogen-bond donors (Lipinski definition) is 2. The molecule has 1 fully saturated rings. The smallest absolute Gasteiger partial charge is 0.191 e. The van der Waals surface area contributed by atoms with Gasteiger partial charge >= 0.3 is 0 Å². The van der Waals surface area contributed by atoms with Crippen LogP contribution in [0.3, 0.4) is 0 Å². The molecule has 1 unspecified atom stereocenters. The van der Waals surface area contributed by atoms with Crippen LogP contribution >= 0.6 is 15.9 Å². The molecule has 110 valence electrons. The van der Waals surface area contributed by atoms with Gasteiger partial charge in [0.05, 0.1) is 11.5 Å². The lowest BCUT2D eigenvalue weighted by Crippen LogP contribution is -2.43. The normalized spacial score (nSPS) is 21.7. The minimum absolute atomic E-state index is 0.0475. The average Bonchev–Trinajstić information content (AvgIpc) is 2.74. The Hall–Kier alpha value is -1.08. The zero-order valence-electron chi connectivity index (χ0n) is 11.3. The van der Waals surface area contributed by atoms with Crippen LogP contribution in [0, 0.1) is 0 Å². The number of benzene rings is 1. The van der Waals surface area contributed by atoms with E-state index in [1.165, 1.54) is 0 Å². The average molecular weight is 360 g/mol. The van der Waals surface area contributed by atoms with Gasteiger partial charge in [-0.3, -0.25) is 4.99 Å². The summed E-state index contributed by atoms with van der Waals surface area (Å²) >= 11 is 3.43. The quantitative estimate of drug-likeness (QED) is 0.630. The van der Waals surface area contributed by atoms with Crippen LogP contribution in [0.5, 0.6) is 0 Å². The van der Waals surface area contributed by atoms with Gasteiger partial charge in [0.15, 0.2) is 15.8 Å². The molecule has 0 amide bonds. The summed E-state index contributed by atoms with van der Waals surface area (Å²) in [6.07, 6.45) is 0.639. The standard InChI is InChI=1S/C13H18BrN3O2S/c1-15-13(17-12-5-6-20(18,19)9-12)16-8-10-3-2-4-11(14)7-10/h2-4,7,12H,5-6,8-9H2,1H3,(H2,15,16,17). The van der Waals surface area contributed by atoms with Crippen LogP contribution in [0.25, 0.3) is 0 Å². The first-order valence-corrected chi connectivity index (χ1v) is 9.02. The summed E-state index contributed by atoms with van der Waals surface area (Å²) in [5.74, 6) is 1.07. The highest BCUT2D eigenvalue weighted by Crippen LogP contribution is 2.12. The zero-order valence-corrected chi connectivity index (χ0v) is 13.7. The summed E-state index contributed by atoms with van der Waals surface area (Å²) < 4.78 is 23.9. The molecule has 5 nitrogen and oxygen atoms in total. The predicted molar refractivity (Wildman–Crippen MR) is 84.5 cm³/mol. The van der Waals surface area contributed by atoms with E-state index in [9.17, 15) is 8.42 Å². The second kappa shape index (κ2) is 6.58. The van der Waals surface area contributed by atoms with Crippen molar-refractivity contribution >= 4 is 31.7 Å². The lowest BCUT2D eigenvalue weighted by atomic mass is 10.2. The first kappa shape index (κ1) is 15.3. The van der Waals surface area contributed by atoms with Crippen molar-refractivity contribution < 1.29 is 8.42 Å². The Morgan fingerprint density at radius 2 is 2.30 bits per heavy atom. The number of nitrogens with zero attached hydrogens (tertiary/aromatic N) is 1. The summed E-state index contributed by atoms with van der Waals surface area (Å²) in [7, 11) is -1.19. The van der Waals surface area contributed by atoms with Crippen molar-refractivity contribution in [1.82, 2.24) is 10.6 Å². The SMILES string of the molecule is CN=C(NCc1cccc(Br)c1)NC1CCS(=O)(=O)C1. The minimum Gasteiger partial charge on any atom is -0.353 e. The summed E-state index contributed by atoms with van der Waals surface area (Å²) in [5, 5.41) is 6.34. The Kier molecular flexibility index (Phi) is 5.04. The molecule has 7 heteroatoms.